The van der Waals surface area contributed by atoms with Gasteiger partial charge in [0.15, 0.2) is 0 Å². The molecule has 3 amide bonds. The van der Waals surface area contributed by atoms with Crippen LogP contribution in [0.25, 0.3) is 0 Å². The van der Waals surface area contributed by atoms with Gasteiger partial charge < -0.3 is 19.7 Å². The Bertz CT molecular complexity index is 1560. The Balaban J connectivity index is 1.39. The van der Waals surface area contributed by atoms with Crippen LogP contribution in [-0.4, -0.2) is 64.1 Å². The second-order valence-electron chi connectivity index (χ2n) is 13.3. The van der Waals surface area contributed by atoms with Crippen molar-refractivity contribution in [1.82, 2.24) is 15.1 Å². The zero-order valence-corrected chi connectivity index (χ0v) is 27.4. The van der Waals surface area contributed by atoms with Crippen molar-refractivity contribution >= 4 is 17.9 Å². The standard InChI is InChI=1S/C38H44FN3O5/c1-5-11-31-22-32(46-25-27-12-7-6-8-13-27)24-41(31)36(44)33(20-26-16-18-30(39)19-17-26)40-35(43)34-21-28-14-9-10-15-29(28)23-42(34)37(45)47-38(2,3)4/h5-10,12-19,31-34H,1,11,20-25H2,2-4H3,(H,40,43)/t31-,32+,33?,34?/m0/s1. The maximum absolute atomic E-state index is 14.4. The molecule has 0 aliphatic carbocycles. The van der Waals surface area contributed by atoms with Crippen LogP contribution >= 0.6 is 0 Å². The second kappa shape index (κ2) is 14.9. The normalized spacial score (nSPS) is 19.9. The van der Waals surface area contributed by atoms with Crippen molar-refractivity contribution in [2.75, 3.05) is 6.54 Å². The van der Waals surface area contributed by atoms with Gasteiger partial charge in [0.2, 0.25) is 11.8 Å². The first-order valence-corrected chi connectivity index (χ1v) is 16.2. The van der Waals surface area contributed by atoms with E-state index in [1.165, 1.54) is 17.0 Å². The van der Waals surface area contributed by atoms with E-state index in [9.17, 15) is 18.8 Å². The minimum atomic E-state index is -0.967. The first-order chi connectivity index (χ1) is 22.5. The van der Waals surface area contributed by atoms with Crippen molar-refractivity contribution in [3.05, 3.63) is 120 Å². The molecule has 5 rings (SSSR count). The summed E-state index contributed by atoms with van der Waals surface area (Å²) in [6.45, 7) is 10.2. The number of carbonyl (C=O) groups excluding carboxylic acids is 3. The van der Waals surface area contributed by atoms with Gasteiger partial charge in [0, 0.05) is 25.4 Å². The van der Waals surface area contributed by atoms with Gasteiger partial charge in [0.05, 0.1) is 19.3 Å². The quantitative estimate of drug-likeness (QED) is 0.276. The Morgan fingerprint density at radius 2 is 1.64 bits per heavy atom. The monoisotopic (exact) mass is 641 g/mol. The van der Waals surface area contributed by atoms with Crippen LogP contribution in [0.5, 0.6) is 0 Å². The highest BCUT2D eigenvalue weighted by molar-refractivity contribution is 5.92. The number of hydrogen-bond donors (Lipinski definition) is 1. The zero-order valence-electron chi connectivity index (χ0n) is 27.4. The molecule has 8 nitrogen and oxygen atoms in total. The van der Waals surface area contributed by atoms with E-state index >= 15 is 0 Å². The summed E-state index contributed by atoms with van der Waals surface area (Å²) in [5.74, 6) is -1.11. The summed E-state index contributed by atoms with van der Waals surface area (Å²) in [5.41, 5.74) is 2.87. The van der Waals surface area contributed by atoms with E-state index in [-0.39, 0.29) is 37.4 Å². The Labute approximate surface area is 276 Å². The van der Waals surface area contributed by atoms with Crippen LogP contribution in [0.15, 0.2) is 91.5 Å². The van der Waals surface area contributed by atoms with Crippen LogP contribution in [0.3, 0.4) is 0 Å². The number of nitrogens with one attached hydrogen (secondary N) is 1. The molecule has 4 atom stereocenters. The number of hydrogen-bond acceptors (Lipinski definition) is 5. The molecule has 0 radical (unpaired) electrons. The Kier molecular flexibility index (Phi) is 10.8. The van der Waals surface area contributed by atoms with Crippen molar-refractivity contribution in [2.45, 2.75) is 89.4 Å². The molecule has 0 spiro atoms. The molecule has 3 aromatic carbocycles. The molecule has 0 aromatic heterocycles. The number of amides is 3. The largest absolute Gasteiger partial charge is 0.444 e. The molecule has 47 heavy (non-hydrogen) atoms. The molecular formula is C38H44FN3O5. The predicted molar refractivity (Wildman–Crippen MR) is 178 cm³/mol. The highest BCUT2D eigenvalue weighted by Gasteiger charge is 2.41. The number of halogens is 1. The first-order valence-electron chi connectivity index (χ1n) is 16.2. The zero-order chi connectivity index (χ0) is 33.6. The number of likely N-dealkylation sites (tertiary alicyclic amines) is 1. The fraction of sp³-hybridized carbons (Fsp3) is 0.395. The van der Waals surface area contributed by atoms with Gasteiger partial charge in [-0.3, -0.25) is 14.5 Å². The summed E-state index contributed by atoms with van der Waals surface area (Å²) in [7, 11) is 0. The van der Waals surface area contributed by atoms with Gasteiger partial charge in [0.25, 0.3) is 0 Å². The second-order valence-corrected chi connectivity index (χ2v) is 13.3. The summed E-state index contributed by atoms with van der Waals surface area (Å²) in [6.07, 6.45) is 2.62. The van der Waals surface area contributed by atoms with Crippen LogP contribution in [0.4, 0.5) is 9.18 Å². The van der Waals surface area contributed by atoms with Crippen molar-refractivity contribution < 1.29 is 28.2 Å². The predicted octanol–water partition coefficient (Wildman–Crippen LogP) is 5.98. The van der Waals surface area contributed by atoms with E-state index in [0.29, 0.717) is 31.6 Å². The summed E-state index contributed by atoms with van der Waals surface area (Å²) in [5, 5.41) is 3.00. The van der Waals surface area contributed by atoms with E-state index in [1.807, 2.05) is 54.6 Å². The van der Waals surface area contributed by atoms with Crippen molar-refractivity contribution in [3.63, 3.8) is 0 Å². The van der Waals surface area contributed by atoms with Crippen molar-refractivity contribution in [1.29, 1.82) is 0 Å². The molecule has 2 heterocycles. The number of benzene rings is 3. The average molecular weight is 642 g/mol. The summed E-state index contributed by atoms with van der Waals surface area (Å²) < 4.78 is 25.7. The Morgan fingerprint density at radius 3 is 2.32 bits per heavy atom. The van der Waals surface area contributed by atoms with Crippen molar-refractivity contribution in [2.24, 2.45) is 0 Å². The molecular weight excluding hydrogens is 597 g/mol. The van der Waals surface area contributed by atoms with Gasteiger partial charge in [-0.25, -0.2) is 9.18 Å². The molecule has 9 heteroatoms. The fourth-order valence-electron chi connectivity index (χ4n) is 6.26. The van der Waals surface area contributed by atoms with E-state index in [1.54, 1.807) is 43.9 Å². The van der Waals surface area contributed by atoms with Gasteiger partial charge in [-0.1, -0.05) is 72.8 Å². The summed E-state index contributed by atoms with van der Waals surface area (Å²) in [6, 6.07) is 21.4. The van der Waals surface area contributed by atoms with Gasteiger partial charge in [-0.2, -0.15) is 0 Å². The summed E-state index contributed by atoms with van der Waals surface area (Å²) >= 11 is 0. The maximum Gasteiger partial charge on any atom is 0.411 e. The third-order valence-corrected chi connectivity index (χ3v) is 8.57. The van der Waals surface area contributed by atoms with Crippen LogP contribution < -0.4 is 5.32 Å². The third kappa shape index (κ3) is 8.86. The van der Waals surface area contributed by atoms with Gasteiger partial charge in [-0.05, 0) is 68.0 Å². The molecule has 2 aliphatic rings. The highest BCUT2D eigenvalue weighted by Crippen LogP contribution is 2.28. The van der Waals surface area contributed by atoms with Gasteiger partial charge in [-0.15, -0.1) is 6.58 Å². The lowest BCUT2D eigenvalue weighted by atomic mass is 9.93. The average Bonchev–Trinajstić information content (AvgIpc) is 3.46. The van der Waals surface area contributed by atoms with E-state index in [4.69, 9.17) is 9.47 Å². The topological polar surface area (TPSA) is 88.2 Å². The summed E-state index contributed by atoms with van der Waals surface area (Å²) in [4.78, 5) is 45.1. The molecule has 0 saturated carbocycles. The molecule has 0 bridgehead atoms. The molecule has 2 unspecified atom stereocenters. The fourth-order valence-corrected chi connectivity index (χ4v) is 6.26. The first kappa shape index (κ1) is 33.9. The lowest BCUT2D eigenvalue weighted by Gasteiger charge is -2.38. The van der Waals surface area contributed by atoms with Crippen LogP contribution in [-0.2, 0) is 45.1 Å². The molecule has 248 valence electrons. The number of fused-ring (bicyclic) bond motifs is 1. The maximum atomic E-state index is 14.4. The molecule has 1 saturated heterocycles. The van der Waals surface area contributed by atoms with Crippen LogP contribution in [0, 0.1) is 5.82 Å². The van der Waals surface area contributed by atoms with E-state index in [0.717, 1.165) is 16.7 Å². The smallest absolute Gasteiger partial charge is 0.411 e. The number of rotatable bonds is 10. The number of nitrogens with zero attached hydrogens (tertiary/aromatic N) is 2. The van der Waals surface area contributed by atoms with Crippen LogP contribution in [0.2, 0.25) is 0 Å². The minimum absolute atomic E-state index is 0.146. The van der Waals surface area contributed by atoms with Gasteiger partial charge in [0.1, 0.15) is 23.5 Å². The number of carbonyl (C=O) groups is 3. The Hall–Kier alpha value is -4.50. The lowest BCUT2D eigenvalue weighted by Crippen LogP contribution is -2.58. The number of ether oxygens (including phenoxy) is 2. The molecule has 3 aromatic rings. The van der Waals surface area contributed by atoms with Crippen molar-refractivity contribution in [3.8, 4) is 0 Å². The molecule has 1 N–H and O–H groups in total. The minimum Gasteiger partial charge on any atom is -0.444 e. The SMILES string of the molecule is C=CC[C@H]1C[C@@H](OCc2ccccc2)CN1C(=O)C(Cc1ccc(F)cc1)NC(=O)C1Cc2ccccc2CN1C(=O)OC(C)(C)C. The third-order valence-electron chi connectivity index (χ3n) is 8.57. The van der Waals surface area contributed by atoms with E-state index < -0.39 is 35.5 Å². The van der Waals surface area contributed by atoms with Crippen LogP contribution in [0.1, 0.15) is 55.9 Å². The Morgan fingerprint density at radius 1 is 0.957 bits per heavy atom. The van der Waals surface area contributed by atoms with Gasteiger partial charge >= 0.3 is 6.09 Å². The highest BCUT2D eigenvalue weighted by atomic mass is 19.1. The molecule has 1 fully saturated rings. The lowest BCUT2D eigenvalue weighted by molar-refractivity contribution is -0.139. The van der Waals surface area contributed by atoms with E-state index in [2.05, 4.69) is 11.9 Å². The molecule has 2 aliphatic heterocycles.